The summed E-state index contributed by atoms with van der Waals surface area (Å²) in [6.45, 7) is 1.04. The fourth-order valence-corrected chi connectivity index (χ4v) is 2.69. The van der Waals surface area contributed by atoms with Gasteiger partial charge in [0.05, 0.1) is 17.1 Å². The molecule has 1 unspecified atom stereocenters. The number of hydrogen-bond donors (Lipinski definition) is 2. The molecular weight excluding hydrogens is 258 g/mol. The lowest BCUT2D eigenvalue weighted by atomic mass is 10.1. The molecule has 2 N–H and O–H groups in total. The first-order valence-electron chi connectivity index (χ1n) is 6.72. The smallest absolute Gasteiger partial charge is 0.326 e. The Morgan fingerprint density at radius 2 is 2.25 bits per heavy atom. The van der Waals surface area contributed by atoms with Gasteiger partial charge in [0.2, 0.25) is 0 Å². The fraction of sp³-hybridized carbons (Fsp3) is 0.429. The predicted molar refractivity (Wildman–Crippen MR) is 74.7 cm³/mol. The number of aromatic nitrogens is 2. The van der Waals surface area contributed by atoms with E-state index in [-0.39, 0.29) is 11.6 Å². The lowest BCUT2D eigenvalue weighted by Crippen LogP contribution is -2.42. The molecule has 20 heavy (non-hydrogen) atoms. The number of carbonyl (C=O) groups is 1. The molecule has 6 nitrogen and oxygen atoms in total. The van der Waals surface area contributed by atoms with E-state index in [1.807, 2.05) is 0 Å². The van der Waals surface area contributed by atoms with Crippen molar-refractivity contribution in [3.8, 4) is 0 Å². The van der Waals surface area contributed by atoms with Gasteiger partial charge in [-0.2, -0.15) is 0 Å². The van der Waals surface area contributed by atoms with Gasteiger partial charge in [-0.3, -0.25) is 9.36 Å². The van der Waals surface area contributed by atoms with Crippen LogP contribution < -0.4 is 5.69 Å². The molecule has 2 heterocycles. The average molecular weight is 275 g/mol. The third-order valence-corrected chi connectivity index (χ3v) is 3.83. The number of aryl methyl sites for hydroxylation is 1. The van der Waals surface area contributed by atoms with Crippen LogP contribution in [-0.4, -0.2) is 44.7 Å². The number of nitrogens with one attached hydrogen (secondary N) is 1. The second kappa shape index (κ2) is 4.79. The molecule has 3 rings (SSSR count). The first-order chi connectivity index (χ1) is 9.56. The largest absolute Gasteiger partial charge is 0.391 e. The summed E-state index contributed by atoms with van der Waals surface area (Å²) in [7, 11) is 1.68. The molecule has 1 amide bonds. The van der Waals surface area contributed by atoms with Crippen molar-refractivity contribution in [2.45, 2.75) is 18.9 Å². The van der Waals surface area contributed by atoms with Gasteiger partial charge in [-0.1, -0.05) is 0 Å². The molecule has 1 aliphatic heterocycles. The molecule has 1 atom stereocenters. The van der Waals surface area contributed by atoms with Gasteiger partial charge in [0, 0.05) is 25.7 Å². The maximum atomic E-state index is 12.4. The van der Waals surface area contributed by atoms with E-state index in [4.69, 9.17) is 0 Å². The maximum absolute atomic E-state index is 12.4. The zero-order valence-corrected chi connectivity index (χ0v) is 11.3. The van der Waals surface area contributed by atoms with Crippen LogP contribution in [0, 0.1) is 0 Å². The summed E-state index contributed by atoms with van der Waals surface area (Å²) < 4.78 is 1.51. The minimum Gasteiger partial charge on any atom is -0.391 e. The number of aromatic amines is 1. The molecule has 1 fully saturated rings. The molecule has 1 aromatic heterocycles. The Morgan fingerprint density at radius 3 is 3.00 bits per heavy atom. The van der Waals surface area contributed by atoms with E-state index in [2.05, 4.69) is 4.98 Å². The number of likely N-dealkylation sites (tertiary alicyclic amines) is 1. The van der Waals surface area contributed by atoms with E-state index in [1.165, 1.54) is 4.57 Å². The van der Waals surface area contributed by atoms with Crippen molar-refractivity contribution < 1.29 is 9.90 Å². The molecule has 1 saturated heterocycles. The Morgan fingerprint density at radius 1 is 1.45 bits per heavy atom. The zero-order valence-electron chi connectivity index (χ0n) is 11.3. The van der Waals surface area contributed by atoms with Crippen molar-refractivity contribution in [1.29, 1.82) is 0 Å². The average Bonchev–Trinajstić information content (AvgIpc) is 2.73. The number of rotatable bonds is 1. The van der Waals surface area contributed by atoms with Crippen molar-refractivity contribution in [2.24, 2.45) is 7.05 Å². The molecule has 0 bridgehead atoms. The molecule has 2 aromatic rings. The second-order valence-corrected chi connectivity index (χ2v) is 5.27. The highest BCUT2D eigenvalue weighted by Crippen LogP contribution is 2.17. The summed E-state index contributed by atoms with van der Waals surface area (Å²) in [5.74, 6) is -0.102. The molecule has 0 radical (unpaired) electrons. The number of aliphatic hydroxyl groups is 1. The van der Waals surface area contributed by atoms with Crippen molar-refractivity contribution in [3.63, 3.8) is 0 Å². The third-order valence-electron chi connectivity index (χ3n) is 3.83. The van der Waals surface area contributed by atoms with Crippen LogP contribution in [0.1, 0.15) is 23.2 Å². The Kier molecular flexibility index (Phi) is 3.10. The Labute approximate surface area is 115 Å². The van der Waals surface area contributed by atoms with Gasteiger partial charge in [-0.25, -0.2) is 4.79 Å². The molecular formula is C14H17N3O3. The number of carbonyl (C=O) groups excluding carboxylic acids is 1. The lowest BCUT2D eigenvalue weighted by molar-refractivity contribution is 0.0474. The normalized spacial score (nSPS) is 19.5. The highest BCUT2D eigenvalue weighted by atomic mass is 16.3. The van der Waals surface area contributed by atoms with E-state index in [0.717, 1.165) is 18.4 Å². The van der Waals surface area contributed by atoms with Crippen LogP contribution in [0.15, 0.2) is 23.0 Å². The van der Waals surface area contributed by atoms with Crippen LogP contribution in [0.4, 0.5) is 0 Å². The summed E-state index contributed by atoms with van der Waals surface area (Å²) in [6.07, 6.45) is 1.12. The van der Waals surface area contributed by atoms with Crippen molar-refractivity contribution in [2.75, 3.05) is 13.1 Å². The number of piperidine rings is 1. The molecule has 0 saturated carbocycles. The van der Waals surface area contributed by atoms with E-state index >= 15 is 0 Å². The van der Waals surface area contributed by atoms with Gasteiger partial charge in [0.1, 0.15) is 0 Å². The first kappa shape index (κ1) is 12.9. The maximum Gasteiger partial charge on any atom is 0.326 e. The van der Waals surface area contributed by atoms with Crippen molar-refractivity contribution >= 4 is 16.9 Å². The van der Waals surface area contributed by atoms with E-state index in [0.29, 0.717) is 24.2 Å². The summed E-state index contributed by atoms with van der Waals surface area (Å²) in [5.41, 5.74) is 1.76. The summed E-state index contributed by atoms with van der Waals surface area (Å²) >= 11 is 0. The molecule has 106 valence electrons. The standard InChI is InChI=1S/C14H17N3O3/c1-16-12-5-4-9(7-11(12)15-14(16)20)13(19)17-6-2-3-10(18)8-17/h4-5,7,10,18H,2-3,6,8H2,1H3,(H,15,20). The fourth-order valence-electron chi connectivity index (χ4n) is 2.69. The monoisotopic (exact) mass is 275 g/mol. The third kappa shape index (κ3) is 2.12. The first-order valence-corrected chi connectivity index (χ1v) is 6.72. The van der Waals surface area contributed by atoms with E-state index in [9.17, 15) is 14.7 Å². The number of amides is 1. The molecule has 1 aliphatic rings. The summed E-state index contributed by atoms with van der Waals surface area (Å²) in [6, 6.07) is 5.18. The zero-order chi connectivity index (χ0) is 14.3. The van der Waals surface area contributed by atoms with Crippen molar-refractivity contribution in [3.05, 3.63) is 34.2 Å². The van der Waals surface area contributed by atoms with Gasteiger partial charge in [0.15, 0.2) is 0 Å². The van der Waals surface area contributed by atoms with E-state index < -0.39 is 6.10 Å². The second-order valence-electron chi connectivity index (χ2n) is 5.27. The van der Waals surface area contributed by atoms with Crippen LogP contribution in [0.5, 0.6) is 0 Å². The van der Waals surface area contributed by atoms with Crippen LogP contribution in [0.25, 0.3) is 11.0 Å². The van der Waals surface area contributed by atoms with Crippen LogP contribution >= 0.6 is 0 Å². The number of aliphatic hydroxyl groups excluding tert-OH is 1. The Bertz CT molecular complexity index is 716. The Hall–Kier alpha value is -2.08. The van der Waals surface area contributed by atoms with Crippen molar-refractivity contribution in [1.82, 2.24) is 14.5 Å². The number of β-amino-alcohol motifs (C(OH)–C–C–N with tert-alkyl or cyclic N) is 1. The SMILES string of the molecule is Cn1c(=O)[nH]c2cc(C(=O)N3CCCC(O)C3)ccc21. The highest BCUT2D eigenvalue weighted by Gasteiger charge is 2.23. The number of hydrogen-bond acceptors (Lipinski definition) is 3. The molecule has 6 heteroatoms. The molecule has 0 spiro atoms. The molecule has 1 aromatic carbocycles. The lowest BCUT2D eigenvalue weighted by Gasteiger charge is -2.30. The topological polar surface area (TPSA) is 78.3 Å². The van der Waals surface area contributed by atoms with Crippen LogP contribution in [-0.2, 0) is 7.05 Å². The number of fused-ring (bicyclic) bond motifs is 1. The van der Waals surface area contributed by atoms with Crippen LogP contribution in [0.2, 0.25) is 0 Å². The number of imidazole rings is 1. The van der Waals surface area contributed by atoms with Gasteiger partial charge in [0.25, 0.3) is 5.91 Å². The van der Waals surface area contributed by atoms with Gasteiger partial charge in [-0.05, 0) is 31.0 Å². The molecule has 0 aliphatic carbocycles. The summed E-state index contributed by atoms with van der Waals surface area (Å²) in [4.78, 5) is 28.3. The quantitative estimate of drug-likeness (QED) is 0.794. The summed E-state index contributed by atoms with van der Waals surface area (Å²) in [5, 5.41) is 9.64. The highest BCUT2D eigenvalue weighted by molar-refractivity contribution is 5.97. The number of H-pyrrole nitrogens is 1. The predicted octanol–water partition coefficient (Wildman–Crippen LogP) is 0.463. The Balaban J connectivity index is 1.93. The van der Waals surface area contributed by atoms with E-state index in [1.54, 1.807) is 30.1 Å². The van der Waals surface area contributed by atoms with Gasteiger partial charge >= 0.3 is 5.69 Å². The van der Waals surface area contributed by atoms with Crippen LogP contribution in [0.3, 0.4) is 0 Å². The number of nitrogens with zero attached hydrogens (tertiary/aromatic N) is 2. The number of benzene rings is 1. The minimum absolute atomic E-state index is 0.102. The van der Waals surface area contributed by atoms with Gasteiger partial charge in [-0.15, -0.1) is 0 Å². The van der Waals surface area contributed by atoms with Gasteiger partial charge < -0.3 is 15.0 Å². The minimum atomic E-state index is -0.437.